The minimum Gasteiger partial charge on any atom is -0.0619 e. The van der Waals surface area contributed by atoms with Crippen LogP contribution in [-0.4, -0.2) is 0 Å². The average molecular weight is 377 g/mol. The number of aryl methyl sites for hydroxylation is 1. The fourth-order valence-corrected chi connectivity index (χ4v) is 3.89. The van der Waals surface area contributed by atoms with Crippen molar-refractivity contribution in [2.24, 2.45) is 0 Å². The van der Waals surface area contributed by atoms with Gasteiger partial charge in [0.1, 0.15) is 0 Å². The van der Waals surface area contributed by atoms with Crippen molar-refractivity contribution in [3.05, 3.63) is 119 Å². The summed E-state index contributed by atoms with van der Waals surface area (Å²) < 4.78 is 0. The van der Waals surface area contributed by atoms with Gasteiger partial charge < -0.3 is 0 Å². The molecule has 0 atom stereocenters. The van der Waals surface area contributed by atoms with E-state index < -0.39 is 0 Å². The first kappa shape index (κ1) is 19.2. The zero-order chi connectivity index (χ0) is 20.2. The summed E-state index contributed by atoms with van der Waals surface area (Å²) in [5.41, 5.74) is 11.0. The molecule has 0 heteroatoms. The third-order valence-electron chi connectivity index (χ3n) is 5.67. The van der Waals surface area contributed by atoms with Crippen molar-refractivity contribution < 1.29 is 0 Å². The van der Waals surface area contributed by atoms with E-state index in [0.29, 0.717) is 5.92 Å². The molecule has 29 heavy (non-hydrogen) atoms. The van der Waals surface area contributed by atoms with Crippen LogP contribution in [0.4, 0.5) is 0 Å². The molecule has 4 aromatic carbocycles. The average Bonchev–Trinajstić information content (AvgIpc) is 3.14. The Morgan fingerprint density at radius 2 is 1.00 bits per heavy atom. The first-order chi connectivity index (χ1) is 14.1. The molecule has 0 fully saturated rings. The minimum absolute atomic E-state index is 0.604. The van der Waals surface area contributed by atoms with Crippen LogP contribution in [0.2, 0.25) is 0 Å². The second kappa shape index (κ2) is 8.49. The Bertz CT molecular complexity index is 1040. The van der Waals surface area contributed by atoms with Crippen molar-refractivity contribution in [3.63, 3.8) is 0 Å². The smallest absolute Gasteiger partial charge is 0.00135 e. The van der Waals surface area contributed by atoms with Crippen molar-refractivity contribution in [1.82, 2.24) is 0 Å². The quantitative estimate of drug-likeness (QED) is 0.292. The molecular formula is C29H28. The maximum absolute atomic E-state index is 2.22. The third kappa shape index (κ3) is 4.32. The van der Waals surface area contributed by atoms with E-state index >= 15 is 0 Å². The fourth-order valence-electron chi connectivity index (χ4n) is 3.89. The van der Waals surface area contributed by atoms with Gasteiger partial charge in [-0.15, -0.1) is 0 Å². The van der Waals surface area contributed by atoms with Gasteiger partial charge in [-0.2, -0.15) is 0 Å². The monoisotopic (exact) mass is 376 g/mol. The summed E-state index contributed by atoms with van der Waals surface area (Å²) in [7, 11) is 0. The van der Waals surface area contributed by atoms with E-state index in [4.69, 9.17) is 0 Å². The van der Waals surface area contributed by atoms with Gasteiger partial charge in [-0.05, 0) is 58.2 Å². The molecule has 0 aliphatic heterocycles. The summed E-state index contributed by atoms with van der Waals surface area (Å²) in [5.74, 6) is 0.604. The van der Waals surface area contributed by atoms with Crippen LogP contribution in [0.5, 0.6) is 0 Å². The topological polar surface area (TPSA) is 0 Å². The highest BCUT2D eigenvalue weighted by Gasteiger charge is 2.15. The second-order valence-electron chi connectivity index (χ2n) is 8.13. The van der Waals surface area contributed by atoms with Gasteiger partial charge in [-0.25, -0.2) is 0 Å². The number of rotatable bonds is 2. The predicted molar refractivity (Wildman–Crippen MR) is 125 cm³/mol. The highest BCUT2D eigenvalue weighted by Crippen LogP contribution is 2.35. The van der Waals surface area contributed by atoms with Gasteiger partial charge in [0.05, 0.1) is 0 Å². The van der Waals surface area contributed by atoms with Crippen molar-refractivity contribution in [1.29, 1.82) is 0 Å². The van der Waals surface area contributed by atoms with Crippen molar-refractivity contribution in [2.45, 2.75) is 33.1 Å². The lowest BCUT2D eigenvalue weighted by atomic mass is 9.98. The van der Waals surface area contributed by atoms with Gasteiger partial charge in [0.25, 0.3) is 0 Å². The highest BCUT2D eigenvalue weighted by atomic mass is 14.2. The molecule has 0 unspecified atom stereocenters. The normalized spacial score (nSPS) is 11.4. The van der Waals surface area contributed by atoms with E-state index in [9.17, 15) is 0 Å². The van der Waals surface area contributed by atoms with E-state index in [1.165, 1.54) is 44.5 Å². The van der Waals surface area contributed by atoms with E-state index in [1.807, 2.05) is 0 Å². The number of fused-ring (bicyclic) bond motifs is 3. The van der Waals surface area contributed by atoms with Crippen LogP contribution < -0.4 is 0 Å². The first-order valence-corrected chi connectivity index (χ1v) is 10.4. The predicted octanol–water partition coefficient (Wildman–Crippen LogP) is 8.04. The van der Waals surface area contributed by atoms with Gasteiger partial charge in [-0.1, -0.05) is 116 Å². The summed E-state index contributed by atoms with van der Waals surface area (Å²) >= 11 is 0. The maximum atomic E-state index is 2.22. The lowest BCUT2D eigenvalue weighted by Gasteiger charge is -2.07. The van der Waals surface area contributed by atoms with Crippen LogP contribution in [0.3, 0.4) is 0 Å². The van der Waals surface area contributed by atoms with Gasteiger partial charge in [0.15, 0.2) is 0 Å². The summed E-state index contributed by atoms with van der Waals surface area (Å²) in [6, 6.07) is 34.8. The van der Waals surface area contributed by atoms with E-state index in [0.717, 1.165) is 6.42 Å². The van der Waals surface area contributed by atoms with Crippen molar-refractivity contribution in [2.75, 3.05) is 0 Å². The Hall–Kier alpha value is -3.12. The molecule has 0 N–H and O–H groups in total. The zero-order valence-corrected chi connectivity index (χ0v) is 17.5. The van der Waals surface area contributed by atoms with Crippen LogP contribution in [-0.2, 0) is 6.42 Å². The van der Waals surface area contributed by atoms with E-state index in [1.54, 1.807) is 0 Å². The molecule has 0 amide bonds. The molecule has 0 spiro atoms. The van der Waals surface area contributed by atoms with Gasteiger partial charge in [0.2, 0.25) is 0 Å². The molecule has 0 radical (unpaired) electrons. The molecule has 1 aliphatic carbocycles. The Balaban J connectivity index is 0.000000144. The Labute approximate surface area is 174 Å². The molecular weight excluding hydrogens is 348 g/mol. The lowest BCUT2D eigenvalue weighted by molar-refractivity contribution is 0.867. The van der Waals surface area contributed by atoms with Crippen LogP contribution in [0.15, 0.2) is 97.1 Å². The van der Waals surface area contributed by atoms with Gasteiger partial charge >= 0.3 is 0 Å². The summed E-state index contributed by atoms with van der Waals surface area (Å²) in [6.45, 7) is 6.56. The van der Waals surface area contributed by atoms with Crippen LogP contribution in [0.25, 0.3) is 22.3 Å². The second-order valence-corrected chi connectivity index (χ2v) is 8.13. The first-order valence-electron chi connectivity index (χ1n) is 10.4. The SMILES string of the molecule is Cc1ccc(-c2ccc(C(C)C)cc2)cc1.c1ccc2c(c1)Cc1ccccc1-2. The molecule has 144 valence electrons. The van der Waals surface area contributed by atoms with E-state index in [2.05, 4.69) is 118 Å². The Kier molecular flexibility index (Phi) is 5.62. The lowest BCUT2D eigenvalue weighted by Crippen LogP contribution is -1.86. The summed E-state index contributed by atoms with van der Waals surface area (Å²) in [4.78, 5) is 0. The molecule has 0 nitrogen and oxygen atoms in total. The number of benzene rings is 4. The zero-order valence-electron chi connectivity index (χ0n) is 17.5. The van der Waals surface area contributed by atoms with Crippen LogP contribution in [0, 0.1) is 6.92 Å². The van der Waals surface area contributed by atoms with Crippen molar-refractivity contribution in [3.8, 4) is 22.3 Å². The minimum atomic E-state index is 0.604. The molecule has 0 saturated carbocycles. The number of hydrogen-bond donors (Lipinski definition) is 0. The molecule has 0 aromatic heterocycles. The highest BCUT2D eigenvalue weighted by molar-refractivity contribution is 5.76. The molecule has 0 heterocycles. The fraction of sp³-hybridized carbons (Fsp3) is 0.172. The Morgan fingerprint density at radius 3 is 1.48 bits per heavy atom. The standard InChI is InChI=1S/C16H18.C13H10/c1-12(2)14-8-10-16(11-9-14)15-6-4-13(3)5-7-15;1-3-7-12-10(5-1)9-11-6-2-4-8-13(11)12/h4-12H,1-3H3;1-8H,9H2. The largest absolute Gasteiger partial charge is 0.0619 e. The molecule has 4 aromatic rings. The molecule has 0 saturated heterocycles. The third-order valence-corrected chi connectivity index (χ3v) is 5.67. The molecule has 0 bridgehead atoms. The molecule has 1 aliphatic rings. The maximum Gasteiger partial charge on any atom is -0.00135 e. The summed E-state index contributed by atoms with van der Waals surface area (Å²) in [6.07, 6.45) is 1.10. The van der Waals surface area contributed by atoms with Crippen LogP contribution >= 0.6 is 0 Å². The Morgan fingerprint density at radius 1 is 0.552 bits per heavy atom. The summed E-state index contributed by atoms with van der Waals surface area (Å²) in [5, 5.41) is 0. The van der Waals surface area contributed by atoms with Crippen LogP contribution in [0.1, 0.15) is 42.0 Å². The van der Waals surface area contributed by atoms with E-state index in [-0.39, 0.29) is 0 Å². The van der Waals surface area contributed by atoms with Gasteiger partial charge in [-0.3, -0.25) is 0 Å². The van der Waals surface area contributed by atoms with Gasteiger partial charge in [0, 0.05) is 0 Å². The van der Waals surface area contributed by atoms with Crippen molar-refractivity contribution >= 4 is 0 Å². The molecule has 5 rings (SSSR count). The number of hydrogen-bond acceptors (Lipinski definition) is 0.